The number of hydrazone groups is 1. The number of phenolic OH excluding ortho intramolecular Hbond substituents is 1. The lowest BCUT2D eigenvalue weighted by Gasteiger charge is -2.04. The van der Waals surface area contributed by atoms with Gasteiger partial charge in [-0.25, -0.2) is 5.43 Å². The van der Waals surface area contributed by atoms with Gasteiger partial charge in [-0.15, -0.1) is 6.58 Å². The van der Waals surface area contributed by atoms with Gasteiger partial charge in [-0.3, -0.25) is 9.89 Å². The molecule has 0 atom stereocenters. The summed E-state index contributed by atoms with van der Waals surface area (Å²) in [6.07, 6.45) is 3.66. The minimum atomic E-state index is -0.424. The van der Waals surface area contributed by atoms with Crippen LogP contribution in [0.1, 0.15) is 21.6 Å². The van der Waals surface area contributed by atoms with Crippen LogP contribution in [0.25, 0.3) is 22.0 Å². The molecule has 3 N–H and O–H groups in total. The fourth-order valence-electron chi connectivity index (χ4n) is 3.19. The molecule has 3 aromatic carbocycles. The van der Waals surface area contributed by atoms with Crippen LogP contribution in [-0.4, -0.2) is 27.4 Å². The van der Waals surface area contributed by atoms with Crippen LogP contribution in [0.5, 0.6) is 5.75 Å². The molecule has 1 aromatic heterocycles. The fraction of sp³-hybridized carbons (Fsp3) is 0.0417. The molecule has 0 aliphatic heterocycles. The van der Waals surface area contributed by atoms with Crippen molar-refractivity contribution < 1.29 is 9.90 Å². The van der Waals surface area contributed by atoms with E-state index >= 15 is 0 Å². The number of amides is 1. The number of fused-ring (bicyclic) bond motifs is 1. The highest BCUT2D eigenvalue weighted by Crippen LogP contribution is 2.24. The molecule has 30 heavy (non-hydrogen) atoms. The predicted octanol–water partition coefficient (Wildman–Crippen LogP) is 4.43. The zero-order valence-corrected chi connectivity index (χ0v) is 16.2. The van der Waals surface area contributed by atoms with Crippen molar-refractivity contribution in [2.24, 2.45) is 5.10 Å². The van der Waals surface area contributed by atoms with Crippen LogP contribution in [0.2, 0.25) is 0 Å². The average Bonchev–Trinajstić information content (AvgIpc) is 3.26. The first-order valence-corrected chi connectivity index (χ1v) is 9.45. The highest BCUT2D eigenvalue weighted by atomic mass is 16.3. The van der Waals surface area contributed by atoms with Gasteiger partial charge in [-0.1, -0.05) is 54.6 Å². The number of hydrogen-bond acceptors (Lipinski definition) is 4. The van der Waals surface area contributed by atoms with E-state index in [-0.39, 0.29) is 5.75 Å². The number of H-pyrrole nitrogens is 1. The summed E-state index contributed by atoms with van der Waals surface area (Å²) in [5.41, 5.74) is 5.58. The van der Waals surface area contributed by atoms with E-state index in [1.165, 1.54) is 6.21 Å². The smallest absolute Gasteiger partial charge is 0.289 e. The quantitative estimate of drug-likeness (QED) is 0.256. The van der Waals surface area contributed by atoms with E-state index in [9.17, 15) is 9.90 Å². The summed E-state index contributed by atoms with van der Waals surface area (Å²) in [7, 11) is 0. The summed E-state index contributed by atoms with van der Waals surface area (Å²) in [5.74, 6) is -0.303. The SMILES string of the molecule is C=CCc1cccc(/C=N/NC(=O)c2cc(-c3ccc4ccccc4c3)n[nH]2)c1O. The van der Waals surface area contributed by atoms with Crippen LogP contribution in [0.3, 0.4) is 0 Å². The van der Waals surface area contributed by atoms with Gasteiger partial charge in [0.2, 0.25) is 0 Å². The van der Waals surface area contributed by atoms with Crippen LogP contribution in [0.4, 0.5) is 0 Å². The third kappa shape index (κ3) is 3.98. The highest BCUT2D eigenvalue weighted by molar-refractivity contribution is 5.95. The molecule has 0 unspecified atom stereocenters. The Hall–Kier alpha value is -4.19. The minimum Gasteiger partial charge on any atom is -0.507 e. The van der Waals surface area contributed by atoms with Crippen molar-refractivity contribution in [1.82, 2.24) is 15.6 Å². The number of phenols is 1. The van der Waals surface area contributed by atoms with Crippen LogP contribution >= 0.6 is 0 Å². The second-order valence-corrected chi connectivity index (χ2v) is 6.78. The number of rotatable bonds is 6. The first-order valence-electron chi connectivity index (χ1n) is 9.45. The molecule has 0 spiro atoms. The normalized spacial score (nSPS) is 11.1. The van der Waals surface area contributed by atoms with Crippen molar-refractivity contribution in [2.75, 3.05) is 0 Å². The monoisotopic (exact) mass is 396 g/mol. The number of hydrogen-bond donors (Lipinski definition) is 3. The molecule has 0 radical (unpaired) electrons. The van der Waals surface area contributed by atoms with E-state index in [0.717, 1.165) is 21.9 Å². The molecule has 0 saturated heterocycles. The van der Waals surface area contributed by atoms with E-state index in [2.05, 4.69) is 27.3 Å². The molecule has 1 amide bonds. The average molecular weight is 396 g/mol. The van der Waals surface area contributed by atoms with Crippen molar-refractivity contribution in [3.8, 4) is 17.0 Å². The molecule has 1 heterocycles. The van der Waals surface area contributed by atoms with Gasteiger partial charge in [0.25, 0.3) is 5.91 Å². The minimum absolute atomic E-state index is 0.121. The van der Waals surface area contributed by atoms with Crippen LogP contribution in [0, 0.1) is 0 Å². The summed E-state index contributed by atoms with van der Waals surface area (Å²) < 4.78 is 0. The maximum atomic E-state index is 12.4. The number of para-hydroxylation sites is 1. The van der Waals surface area contributed by atoms with Gasteiger partial charge in [0, 0.05) is 11.1 Å². The summed E-state index contributed by atoms with van der Waals surface area (Å²) in [6, 6.07) is 21.1. The molecular formula is C24H20N4O2. The first-order chi connectivity index (χ1) is 14.7. The molecule has 0 bridgehead atoms. The Morgan fingerprint density at radius 2 is 1.93 bits per heavy atom. The Morgan fingerprint density at radius 1 is 1.10 bits per heavy atom. The summed E-state index contributed by atoms with van der Waals surface area (Å²) >= 11 is 0. The van der Waals surface area contributed by atoms with Gasteiger partial charge in [0.1, 0.15) is 11.4 Å². The van der Waals surface area contributed by atoms with Gasteiger partial charge in [-0.05, 0) is 41.0 Å². The number of aromatic amines is 1. The second-order valence-electron chi connectivity index (χ2n) is 6.78. The summed E-state index contributed by atoms with van der Waals surface area (Å²) in [4.78, 5) is 12.4. The van der Waals surface area contributed by atoms with E-state index in [1.807, 2.05) is 54.6 Å². The van der Waals surface area contributed by atoms with Crippen molar-refractivity contribution in [1.29, 1.82) is 0 Å². The van der Waals surface area contributed by atoms with Crippen molar-refractivity contribution >= 4 is 22.9 Å². The lowest BCUT2D eigenvalue weighted by atomic mass is 10.1. The highest BCUT2D eigenvalue weighted by Gasteiger charge is 2.11. The molecular weight excluding hydrogens is 376 g/mol. The molecule has 4 aromatic rings. The van der Waals surface area contributed by atoms with Crippen LogP contribution in [0.15, 0.2) is 84.5 Å². The maximum Gasteiger partial charge on any atom is 0.289 e. The number of nitrogens with zero attached hydrogens (tertiary/aromatic N) is 2. The molecule has 0 fully saturated rings. The Morgan fingerprint density at radius 3 is 2.77 bits per heavy atom. The number of aromatic hydroxyl groups is 1. The Balaban J connectivity index is 1.47. The number of benzene rings is 3. The van der Waals surface area contributed by atoms with Crippen molar-refractivity contribution in [2.45, 2.75) is 6.42 Å². The Kier molecular flexibility index (Phi) is 5.39. The molecule has 6 nitrogen and oxygen atoms in total. The summed E-state index contributed by atoms with van der Waals surface area (Å²) in [6.45, 7) is 3.67. The van der Waals surface area contributed by atoms with Crippen molar-refractivity contribution in [3.05, 3.63) is 96.2 Å². The predicted molar refractivity (Wildman–Crippen MR) is 119 cm³/mol. The zero-order chi connectivity index (χ0) is 20.9. The zero-order valence-electron chi connectivity index (χ0n) is 16.2. The molecule has 148 valence electrons. The van der Waals surface area contributed by atoms with Gasteiger partial charge >= 0.3 is 0 Å². The van der Waals surface area contributed by atoms with Gasteiger partial charge < -0.3 is 5.11 Å². The van der Waals surface area contributed by atoms with Crippen LogP contribution in [-0.2, 0) is 6.42 Å². The lowest BCUT2D eigenvalue weighted by Crippen LogP contribution is -2.18. The molecule has 4 rings (SSSR count). The largest absolute Gasteiger partial charge is 0.507 e. The molecule has 6 heteroatoms. The molecule has 0 saturated carbocycles. The van der Waals surface area contributed by atoms with Crippen molar-refractivity contribution in [3.63, 3.8) is 0 Å². The van der Waals surface area contributed by atoms with E-state index in [1.54, 1.807) is 18.2 Å². The van der Waals surface area contributed by atoms with E-state index in [4.69, 9.17) is 0 Å². The number of nitrogens with one attached hydrogen (secondary N) is 2. The summed E-state index contributed by atoms with van der Waals surface area (Å²) in [5, 5.41) is 23.4. The molecule has 0 aliphatic rings. The number of aromatic nitrogens is 2. The number of carbonyl (C=O) groups excluding carboxylic acids is 1. The van der Waals surface area contributed by atoms with Crippen LogP contribution < -0.4 is 5.43 Å². The third-order valence-corrected chi connectivity index (χ3v) is 4.75. The van der Waals surface area contributed by atoms with Gasteiger partial charge in [0.15, 0.2) is 0 Å². The van der Waals surface area contributed by atoms with E-state index < -0.39 is 5.91 Å². The Labute approximate surface area is 173 Å². The lowest BCUT2D eigenvalue weighted by molar-refractivity contribution is 0.0950. The second kappa shape index (κ2) is 8.45. The standard InChI is InChI=1S/C24H20N4O2/c1-2-6-17-9-5-10-20(23(17)29)15-25-28-24(30)22-14-21(26-27-22)19-12-11-16-7-3-4-8-18(16)13-19/h2-5,7-15,29H,1,6H2,(H,26,27)(H,28,30)/b25-15+. The maximum absolute atomic E-state index is 12.4. The topological polar surface area (TPSA) is 90.4 Å². The first kappa shape index (κ1) is 19.1. The third-order valence-electron chi connectivity index (χ3n) is 4.75. The van der Waals surface area contributed by atoms with E-state index in [0.29, 0.717) is 23.4 Å². The Bertz CT molecular complexity index is 1260. The molecule has 0 aliphatic carbocycles. The van der Waals surface area contributed by atoms with Gasteiger partial charge in [0.05, 0.1) is 11.9 Å². The number of carbonyl (C=O) groups is 1. The fourth-order valence-corrected chi connectivity index (χ4v) is 3.19. The number of allylic oxidation sites excluding steroid dienone is 1. The van der Waals surface area contributed by atoms with Gasteiger partial charge in [-0.2, -0.15) is 10.2 Å².